The zero-order chi connectivity index (χ0) is 50.0. The van der Waals surface area contributed by atoms with E-state index in [2.05, 4.69) is 93.7 Å². The Bertz CT molecular complexity index is 1290. The van der Waals surface area contributed by atoms with Gasteiger partial charge in [0.2, 0.25) is 0 Å². The molecular weight excluding hydrogens is 853 g/mol. The lowest BCUT2D eigenvalue weighted by Crippen LogP contribution is -2.30. The fourth-order valence-corrected chi connectivity index (χ4v) is 8.29. The van der Waals surface area contributed by atoms with Crippen LogP contribution in [0.3, 0.4) is 0 Å². The van der Waals surface area contributed by atoms with Crippen molar-refractivity contribution in [1.29, 1.82) is 0 Å². The van der Waals surface area contributed by atoms with Gasteiger partial charge in [-0.15, -0.1) is 0 Å². The fourth-order valence-electron chi connectivity index (χ4n) is 8.29. The SMILES string of the molecule is CC/C=C\C/C=C\C/C=C\C/C=C\C/C=C\CCCCCC(=O)OCC(COC(=O)CCCCC/C=C\CCCCCCCCC)OC(=O)CCCCCCCCCCCCCCCCCCCC. The zero-order valence-electron chi connectivity index (χ0n) is 45.6. The van der Waals surface area contributed by atoms with Crippen molar-refractivity contribution in [2.45, 2.75) is 297 Å². The summed E-state index contributed by atoms with van der Waals surface area (Å²) in [6.45, 7) is 6.51. The molecule has 0 aromatic rings. The molecule has 0 saturated carbocycles. The topological polar surface area (TPSA) is 78.9 Å². The van der Waals surface area contributed by atoms with E-state index in [1.54, 1.807) is 0 Å². The molecule has 398 valence electrons. The lowest BCUT2D eigenvalue weighted by molar-refractivity contribution is -0.167. The first-order valence-electron chi connectivity index (χ1n) is 29.4. The number of hydrogen-bond donors (Lipinski definition) is 0. The van der Waals surface area contributed by atoms with Crippen LogP contribution in [-0.2, 0) is 28.6 Å². The molecule has 0 spiro atoms. The Labute approximate surface area is 427 Å². The van der Waals surface area contributed by atoms with Crippen LogP contribution in [0, 0.1) is 0 Å². The van der Waals surface area contributed by atoms with Gasteiger partial charge < -0.3 is 14.2 Å². The number of ether oxygens (including phenoxy) is 3. The van der Waals surface area contributed by atoms with Gasteiger partial charge in [0.1, 0.15) is 13.2 Å². The molecule has 1 atom stereocenters. The summed E-state index contributed by atoms with van der Waals surface area (Å²) in [5.74, 6) is -0.927. The van der Waals surface area contributed by atoms with Gasteiger partial charge in [-0.3, -0.25) is 14.4 Å². The molecule has 0 aromatic carbocycles. The number of esters is 3. The molecule has 1 unspecified atom stereocenters. The first-order valence-corrected chi connectivity index (χ1v) is 29.4. The molecule has 6 nitrogen and oxygen atoms in total. The summed E-state index contributed by atoms with van der Waals surface area (Å²) in [6.07, 6.45) is 73.2. The number of rotatable bonds is 53. The van der Waals surface area contributed by atoms with Crippen LogP contribution in [0.1, 0.15) is 290 Å². The molecule has 0 bridgehead atoms. The minimum absolute atomic E-state index is 0.0917. The van der Waals surface area contributed by atoms with Crippen molar-refractivity contribution >= 4 is 17.9 Å². The second-order valence-electron chi connectivity index (χ2n) is 19.5. The van der Waals surface area contributed by atoms with E-state index in [9.17, 15) is 14.4 Å². The highest BCUT2D eigenvalue weighted by atomic mass is 16.6. The molecule has 0 heterocycles. The number of allylic oxidation sites excluding steroid dienone is 12. The minimum Gasteiger partial charge on any atom is -0.462 e. The third-order valence-electron chi connectivity index (χ3n) is 12.7. The zero-order valence-corrected chi connectivity index (χ0v) is 45.6. The minimum atomic E-state index is -0.794. The number of carbonyl (C=O) groups excluding carboxylic acids is 3. The van der Waals surface area contributed by atoms with Gasteiger partial charge in [0, 0.05) is 19.3 Å². The van der Waals surface area contributed by atoms with Crippen molar-refractivity contribution in [3.05, 3.63) is 72.9 Å². The molecule has 0 rings (SSSR count). The first-order chi connectivity index (χ1) is 34.0. The van der Waals surface area contributed by atoms with Crippen LogP contribution in [0.4, 0.5) is 0 Å². The van der Waals surface area contributed by atoms with Crippen molar-refractivity contribution in [1.82, 2.24) is 0 Å². The fraction of sp³-hybridized carbons (Fsp3) is 0.762. The predicted molar refractivity (Wildman–Crippen MR) is 298 cm³/mol. The monoisotopic (exact) mass is 963 g/mol. The van der Waals surface area contributed by atoms with Crippen LogP contribution in [0.25, 0.3) is 0 Å². The molecule has 0 radical (unpaired) electrons. The predicted octanol–water partition coefficient (Wildman–Crippen LogP) is 19.8. The Balaban J connectivity index is 4.43. The quantitative estimate of drug-likeness (QED) is 0.0262. The van der Waals surface area contributed by atoms with Gasteiger partial charge >= 0.3 is 17.9 Å². The lowest BCUT2D eigenvalue weighted by Gasteiger charge is -2.18. The molecule has 0 aliphatic rings. The van der Waals surface area contributed by atoms with Gasteiger partial charge in [0.05, 0.1) is 0 Å². The maximum absolute atomic E-state index is 12.9. The normalized spacial score (nSPS) is 12.6. The van der Waals surface area contributed by atoms with Crippen LogP contribution in [0.5, 0.6) is 0 Å². The van der Waals surface area contributed by atoms with Gasteiger partial charge in [-0.1, -0.05) is 254 Å². The highest BCUT2D eigenvalue weighted by Gasteiger charge is 2.19. The van der Waals surface area contributed by atoms with E-state index in [0.717, 1.165) is 109 Å². The van der Waals surface area contributed by atoms with Crippen LogP contribution in [0.15, 0.2) is 72.9 Å². The Kier molecular flexibility index (Phi) is 54.8. The molecule has 0 aliphatic carbocycles. The average Bonchev–Trinajstić information content (AvgIpc) is 3.35. The highest BCUT2D eigenvalue weighted by Crippen LogP contribution is 2.16. The van der Waals surface area contributed by atoms with E-state index in [4.69, 9.17) is 14.2 Å². The number of hydrogen-bond acceptors (Lipinski definition) is 6. The molecule has 0 saturated heterocycles. The van der Waals surface area contributed by atoms with Gasteiger partial charge in [0.25, 0.3) is 0 Å². The third-order valence-corrected chi connectivity index (χ3v) is 12.7. The first kappa shape index (κ1) is 65.8. The summed E-state index contributed by atoms with van der Waals surface area (Å²) in [5, 5.41) is 0. The average molecular weight is 964 g/mol. The third kappa shape index (κ3) is 55.6. The molecule has 69 heavy (non-hydrogen) atoms. The lowest BCUT2D eigenvalue weighted by atomic mass is 10.0. The highest BCUT2D eigenvalue weighted by molar-refractivity contribution is 5.71. The summed E-state index contributed by atoms with van der Waals surface area (Å²) in [6, 6.07) is 0. The summed E-state index contributed by atoms with van der Waals surface area (Å²) in [5.41, 5.74) is 0. The van der Waals surface area contributed by atoms with E-state index in [1.165, 1.54) is 141 Å². The van der Waals surface area contributed by atoms with Gasteiger partial charge in [-0.2, -0.15) is 0 Å². The van der Waals surface area contributed by atoms with Gasteiger partial charge in [-0.25, -0.2) is 0 Å². The standard InChI is InChI=1S/C63H110O6/c1-4-7-10-13-16-19-22-25-28-30-32-34-35-38-41-44-47-50-53-56-62(65)68-59-60(58-67-61(64)55-52-49-46-43-40-37-27-24-21-18-15-12-9-6-3)69-63(66)57-54-51-48-45-42-39-36-33-31-29-26-23-20-17-14-11-8-5-2/h7,10,16,19,25,28,32,34,37-38,40-41,60H,4-6,8-9,11-15,17-18,20-24,26-27,29-31,33,35-36,39,42-59H2,1-3H3/b10-7-,19-16-,28-25-,34-32-,40-37-,41-38-. The van der Waals surface area contributed by atoms with Crippen molar-refractivity contribution in [3.63, 3.8) is 0 Å². The van der Waals surface area contributed by atoms with Crippen LogP contribution < -0.4 is 0 Å². The van der Waals surface area contributed by atoms with Crippen molar-refractivity contribution < 1.29 is 28.6 Å². The molecule has 0 fully saturated rings. The van der Waals surface area contributed by atoms with E-state index in [0.29, 0.717) is 19.3 Å². The van der Waals surface area contributed by atoms with Crippen LogP contribution in [0.2, 0.25) is 0 Å². The van der Waals surface area contributed by atoms with E-state index >= 15 is 0 Å². The molecule has 6 heteroatoms. The summed E-state index contributed by atoms with van der Waals surface area (Å²) in [4.78, 5) is 38.2. The van der Waals surface area contributed by atoms with Crippen molar-refractivity contribution in [2.24, 2.45) is 0 Å². The van der Waals surface area contributed by atoms with E-state index in [-0.39, 0.29) is 31.1 Å². The summed E-state index contributed by atoms with van der Waals surface area (Å²) < 4.78 is 16.8. The van der Waals surface area contributed by atoms with Gasteiger partial charge in [-0.05, 0) is 89.9 Å². The Morgan fingerprint density at radius 2 is 0.565 bits per heavy atom. The largest absolute Gasteiger partial charge is 0.462 e. The maximum atomic E-state index is 12.9. The number of carbonyl (C=O) groups is 3. The van der Waals surface area contributed by atoms with Crippen LogP contribution >= 0.6 is 0 Å². The van der Waals surface area contributed by atoms with E-state index in [1.807, 2.05) is 0 Å². The molecular formula is C63H110O6. The van der Waals surface area contributed by atoms with Crippen molar-refractivity contribution in [2.75, 3.05) is 13.2 Å². The van der Waals surface area contributed by atoms with E-state index < -0.39 is 6.10 Å². The molecule has 0 aliphatic heterocycles. The maximum Gasteiger partial charge on any atom is 0.306 e. The Morgan fingerprint density at radius 3 is 0.913 bits per heavy atom. The van der Waals surface area contributed by atoms with Crippen LogP contribution in [-0.4, -0.2) is 37.2 Å². The summed E-state index contributed by atoms with van der Waals surface area (Å²) >= 11 is 0. The van der Waals surface area contributed by atoms with Gasteiger partial charge in [0.15, 0.2) is 6.10 Å². The number of unbranched alkanes of at least 4 members (excludes halogenated alkanes) is 30. The second kappa shape index (κ2) is 57.4. The molecule has 0 amide bonds. The smallest absolute Gasteiger partial charge is 0.306 e. The Morgan fingerprint density at radius 1 is 0.304 bits per heavy atom. The Hall–Kier alpha value is -3.15. The second-order valence-corrected chi connectivity index (χ2v) is 19.5. The van der Waals surface area contributed by atoms with Crippen molar-refractivity contribution in [3.8, 4) is 0 Å². The summed E-state index contributed by atoms with van der Waals surface area (Å²) in [7, 11) is 0. The molecule has 0 aromatic heterocycles. The molecule has 0 N–H and O–H groups in total.